The van der Waals surface area contributed by atoms with Gasteiger partial charge in [0.25, 0.3) is 17.7 Å². The average molecular weight is 525 g/mol. The van der Waals surface area contributed by atoms with E-state index in [0.29, 0.717) is 35.0 Å². The molecule has 5 aromatic rings. The van der Waals surface area contributed by atoms with E-state index in [0.717, 1.165) is 27.8 Å². The van der Waals surface area contributed by atoms with E-state index in [1.807, 2.05) is 110 Å². The summed E-state index contributed by atoms with van der Waals surface area (Å²) >= 11 is 0. The molecule has 0 unspecified atom stereocenters. The lowest BCUT2D eigenvalue weighted by Gasteiger charge is -2.29. The minimum atomic E-state index is -0.292. The summed E-state index contributed by atoms with van der Waals surface area (Å²) in [5, 5.41) is 1.60. The maximum Gasteiger partial charge on any atom is 0.261 e. The first kappa shape index (κ1) is 25.3. The second-order valence-corrected chi connectivity index (χ2v) is 10.1. The third-order valence-electron chi connectivity index (χ3n) is 7.42. The Kier molecular flexibility index (Phi) is 6.71. The molecular formula is C35H28N2O3. The Morgan fingerprint density at radius 3 is 1.98 bits per heavy atom. The highest BCUT2D eigenvalue weighted by molar-refractivity contribution is 6.25. The summed E-state index contributed by atoms with van der Waals surface area (Å²) in [6.07, 6.45) is 0.442. The van der Waals surface area contributed by atoms with Gasteiger partial charge in [-0.05, 0) is 71.8 Å². The Labute approximate surface area is 233 Å². The number of benzene rings is 5. The number of amides is 3. The van der Waals surface area contributed by atoms with Crippen LogP contribution in [0, 0.1) is 6.92 Å². The van der Waals surface area contributed by atoms with Crippen LogP contribution in [0.2, 0.25) is 0 Å². The fraction of sp³-hybridized carbons (Fsp3) is 0.114. The van der Waals surface area contributed by atoms with E-state index in [9.17, 15) is 14.4 Å². The van der Waals surface area contributed by atoms with Gasteiger partial charge in [0.05, 0.1) is 0 Å². The third kappa shape index (κ3) is 4.67. The fourth-order valence-corrected chi connectivity index (χ4v) is 5.41. The van der Waals surface area contributed by atoms with E-state index >= 15 is 0 Å². The van der Waals surface area contributed by atoms with Crippen molar-refractivity contribution >= 4 is 34.2 Å². The predicted octanol–water partition coefficient (Wildman–Crippen LogP) is 7.15. The molecular weight excluding hydrogens is 496 g/mol. The molecule has 0 aliphatic carbocycles. The van der Waals surface area contributed by atoms with E-state index in [4.69, 9.17) is 0 Å². The fourth-order valence-electron chi connectivity index (χ4n) is 5.41. The van der Waals surface area contributed by atoms with Gasteiger partial charge in [0.1, 0.15) is 0 Å². The molecule has 0 bridgehead atoms. The van der Waals surface area contributed by atoms with Crippen LogP contribution in [0.4, 0.5) is 5.69 Å². The van der Waals surface area contributed by atoms with Gasteiger partial charge in [-0.2, -0.15) is 0 Å². The number of rotatable bonds is 7. The lowest BCUT2D eigenvalue weighted by Crippen LogP contribution is -2.42. The van der Waals surface area contributed by atoms with Crippen molar-refractivity contribution in [3.63, 3.8) is 0 Å². The summed E-state index contributed by atoms with van der Waals surface area (Å²) in [6, 6.07) is 36.5. The molecule has 0 saturated carbocycles. The van der Waals surface area contributed by atoms with Crippen LogP contribution < -0.4 is 4.90 Å². The third-order valence-corrected chi connectivity index (χ3v) is 7.42. The van der Waals surface area contributed by atoms with Crippen molar-refractivity contribution in [2.45, 2.75) is 13.3 Å². The summed E-state index contributed by atoms with van der Waals surface area (Å²) in [5.41, 5.74) is 5.61. The zero-order chi connectivity index (χ0) is 27.6. The van der Waals surface area contributed by atoms with Gasteiger partial charge >= 0.3 is 0 Å². The number of hydrogen-bond donors (Lipinski definition) is 0. The number of carbonyl (C=O) groups is 3. The van der Waals surface area contributed by atoms with Gasteiger partial charge < -0.3 is 4.90 Å². The summed E-state index contributed by atoms with van der Waals surface area (Å²) < 4.78 is 0. The Hall–Kier alpha value is -5.03. The smallest absolute Gasteiger partial charge is 0.261 e. The van der Waals surface area contributed by atoms with Crippen molar-refractivity contribution in [3.05, 3.63) is 138 Å². The summed E-state index contributed by atoms with van der Waals surface area (Å²) in [7, 11) is 0. The zero-order valence-corrected chi connectivity index (χ0v) is 22.2. The van der Waals surface area contributed by atoms with Gasteiger partial charge in [-0.3, -0.25) is 19.3 Å². The highest BCUT2D eigenvalue weighted by Gasteiger charge is 2.32. The number of hydrogen-bond acceptors (Lipinski definition) is 3. The largest absolute Gasteiger partial charge is 0.308 e. The number of carbonyl (C=O) groups excluding carboxylic acids is 3. The Bertz CT molecular complexity index is 1690. The molecule has 0 atom stereocenters. The maximum absolute atomic E-state index is 13.8. The first-order chi connectivity index (χ1) is 19.5. The van der Waals surface area contributed by atoms with Crippen LogP contribution in [-0.2, 0) is 0 Å². The lowest BCUT2D eigenvalue weighted by atomic mass is 9.94. The van der Waals surface area contributed by atoms with E-state index in [1.165, 1.54) is 4.90 Å². The molecule has 6 rings (SSSR count). The van der Waals surface area contributed by atoms with Gasteiger partial charge in [-0.25, -0.2) is 0 Å². The van der Waals surface area contributed by atoms with Gasteiger partial charge in [-0.1, -0.05) is 78.9 Å². The van der Waals surface area contributed by atoms with Crippen molar-refractivity contribution in [3.8, 4) is 11.1 Å². The normalized spacial score (nSPS) is 12.6. The van der Waals surface area contributed by atoms with Crippen LogP contribution in [0.15, 0.2) is 115 Å². The van der Waals surface area contributed by atoms with Crippen molar-refractivity contribution in [1.29, 1.82) is 0 Å². The first-order valence-electron chi connectivity index (χ1n) is 13.4. The Balaban J connectivity index is 1.23. The summed E-state index contributed by atoms with van der Waals surface area (Å²) in [4.78, 5) is 43.5. The molecule has 1 heterocycles. The van der Waals surface area contributed by atoms with Crippen LogP contribution in [-0.4, -0.2) is 35.7 Å². The van der Waals surface area contributed by atoms with Gasteiger partial charge in [0.2, 0.25) is 0 Å². The number of nitrogens with zero attached hydrogens (tertiary/aromatic N) is 2. The molecule has 0 radical (unpaired) electrons. The highest BCUT2D eigenvalue weighted by atomic mass is 16.2. The molecule has 5 aromatic carbocycles. The zero-order valence-electron chi connectivity index (χ0n) is 22.2. The second kappa shape index (κ2) is 10.6. The standard InChI is InChI=1S/C35H28N2O3/c1-24-9-5-14-29(23-24)36(33(38)28-19-17-26(18-20-28)25-10-3-2-4-11-25)21-8-22-37-34(39)30-15-6-12-27-13-7-16-31(32(27)30)35(37)40/h2-7,9-20,23H,8,21-22H2,1H3. The number of aryl methyl sites for hydroxylation is 1. The van der Waals surface area contributed by atoms with Crippen molar-refractivity contribution < 1.29 is 14.4 Å². The van der Waals surface area contributed by atoms with Crippen molar-refractivity contribution in [1.82, 2.24) is 4.90 Å². The van der Waals surface area contributed by atoms with E-state index in [1.54, 1.807) is 17.0 Å². The van der Waals surface area contributed by atoms with Gasteiger partial charge in [-0.15, -0.1) is 0 Å². The molecule has 5 heteroatoms. The summed E-state index contributed by atoms with van der Waals surface area (Å²) in [6.45, 7) is 2.56. The van der Waals surface area contributed by atoms with E-state index in [-0.39, 0.29) is 24.3 Å². The molecule has 40 heavy (non-hydrogen) atoms. The Morgan fingerprint density at radius 2 is 1.32 bits per heavy atom. The van der Waals surface area contributed by atoms with Gasteiger partial charge in [0, 0.05) is 40.9 Å². The molecule has 0 spiro atoms. The molecule has 0 saturated heterocycles. The van der Waals surface area contributed by atoms with Crippen LogP contribution in [0.1, 0.15) is 43.1 Å². The topological polar surface area (TPSA) is 57.7 Å². The number of anilines is 1. The lowest BCUT2D eigenvalue weighted by molar-refractivity contribution is 0.0610. The first-order valence-corrected chi connectivity index (χ1v) is 13.4. The predicted molar refractivity (Wildman–Crippen MR) is 159 cm³/mol. The highest BCUT2D eigenvalue weighted by Crippen LogP contribution is 2.30. The molecule has 0 fully saturated rings. The average Bonchev–Trinajstić information content (AvgIpc) is 2.99. The minimum Gasteiger partial charge on any atom is -0.308 e. The van der Waals surface area contributed by atoms with Crippen LogP contribution in [0.3, 0.4) is 0 Å². The Morgan fingerprint density at radius 1 is 0.700 bits per heavy atom. The number of imide groups is 1. The minimum absolute atomic E-state index is 0.128. The molecule has 196 valence electrons. The molecule has 0 N–H and O–H groups in total. The molecule has 3 amide bonds. The van der Waals surface area contributed by atoms with E-state index < -0.39 is 0 Å². The van der Waals surface area contributed by atoms with Crippen molar-refractivity contribution in [2.75, 3.05) is 18.0 Å². The molecule has 1 aliphatic heterocycles. The second-order valence-electron chi connectivity index (χ2n) is 10.1. The molecule has 1 aliphatic rings. The monoisotopic (exact) mass is 524 g/mol. The molecule has 0 aromatic heterocycles. The SMILES string of the molecule is Cc1cccc(N(CCCN2C(=O)c3cccc4cccc(c34)C2=O)C(=O)c2ccc(-c3ccccc3)cc2)c1. The van der Waals surface area contributed by atoms with Crippen molar-refractivity contribution in [2.24, 2.45) is 0 Å². The van der Waals surface area contributed by atoms with Crippen LogP contribution >= 0.6 is 0 Å². The summed E-state index contributed by atoms with van der Waals surface area (Å²) in [5.74, 6) is -0.713. The maximum atomic E-state index is 13.8. The molecule has 5 nitrogen and oxygen atoms in total. The van der Waals surface area contributed by atoms with E-state index in [2.05, 4.69) is 0 Å². The van der Waals surface area contributed by atoms with Crippen LogP contribution in [0.5, 0.6) is 0 Å². The van der Waals surface area contributed by atoms with Crippen LogP contribution in [0.25, 0.3) is 21.9 Å². The van der Waals surface area contributed by atoms with Gasteiger partial charge in [0.15, 0.2) is 0 Å². The quantitative estimate of drug-likeness (QED) is 0.213.